The quantitative estimate of drug-likeness (QED) is 0.713. The van der Waals surface area contributed by atoms with Gasteiger partial charge in [-0.2, -0.15) is 5.26 Å². The van der Waals surface area contributed by atoms with Gasteiger partial charge in [0.15, 0.2) is 5.78 Å². The van der Waals surface area contributed by atoms with Gasteiger partial charge < -0.3 is 9.47 Å². The molecule has 106 valence electrons. The first kappa shape index (κ1) is 15.6. The molecule has 0 fully saturated rings. The van der Waals surface area contributed by atoms with E-state index in [0.29, 0.717) is 0 Å². The van der Waals surface area contributed by atoms with Crippen molar-refractivity contribution < 1.29 is 23.5 Å². The zero-order chi connectivity index (χ0) is 15.0. The van der Waals surface area contributed by atoms with Gasteiger partial charge in [-0.05, 0) is 19.1 Å². The van der Waals surface area contributed by atoms with Gasteiger partial charge in [0.25, 0.3) is 0 Å². The van der Waals surface area contributed by atoms with E-state index in [0.717, 1.165) is 6.07 Å². The molecule has 0 aliphatic carbocycles. The predicted molar refractivity (Wildman–Crippen MR) is 67.5 cm³/mol. The Kier molecular flexibility index (Phi) is 6.17. The molecule has 0 saturated carbocycles. The molecule has 0 aromatic heterocycles. The maximum Gasteiger partial charge on any atom is 0.306 e. The number of nitrogens with zero attached hydrogens (tertiary/aromatic N) is 1. The summed E-state index contributed by atoms with van der Waals surface area (Å²) in [7, 11) is 0. The second-order valence-corrected chi connectivity index (χ2v) is 3.86. The van der Waals surface area contributed by atoms with Crippen LogP contribution in [0.15, 0.2) is 18.2 Å². The van der Waals surface area contributed by atoms with Crippen molar-refractivity contribution in [3.63, 3.8) is 0 Å². The fraction of sp³-hybridized carbons (Fsp3) is 0.357. The minimum absolute atomic E-state index is 0.0111. The van der Waals surface area contributed by atoms with Crippen LogP contribution in [0.5, 0.6) is 5.75 Å². The number of ketones is 1. The number of hydrogen-bond donors (Lipinski definition) is 0. The van der Waals surface area contributed by atoms with Gasteiger partial charge in [-0.1, -0.05) is 6.07 Å². The summed E-state index contributed by atoms with van der Waals surface area (Å²) in [6, 6.07) is 5.59. The third-order valence-electron chi connectivity index (χ3n) is 2.39. The number of Topliss-reactive ketones (excluding diaryl/α,β-unsaturated/α-hetero) is 1. The summed E-state index contributed by atoms with van der Waals surface area (Å²) in [4.78, 5) is 22.6. The molecule has 0 saturated heterocycles. The lowest BCUT2D eigenvalue weighted by Crippen LogP contribution is -2.14. The van der Waals surface area contributed by atoms with Crippen LogP contribution < -0.4 is 4.74 Å². The Morgan fingerprint density at radius 1 is 1.35 bits per heavy atom. The molecule has 0 heterocycles. The zero-order valence-corrected chi connectivity index (χ0v) is 11.0. The second-order valence-electron chi connectivity index (χ2n) is 3.86. The molecule has 1 aromatic rings. The van der Waals surface area contributed by atoms with E-state index >= 15 is 0 Å². The van der Waals surface area contributed by atoms with Gasteiger partial charge >= 0.3 is 5.97 Å². The molecule has 0 aliphatic heterocycles. The van der Waals surface area contributed by atoms with Crippen LogP contribution in [0.3, 0.4) is 0 Å². The number of hydrogen-bond acceptors (Lipinski definition) is 5. The number of ether oxygens (including phenoxy) is 2. The molecule has 5 nitrogen and oxygen atoms in total. The summed E-state index contributed by atoms with van der Waals surface area (Å²) < 4.78 is 23.0. The smallest absolute Gasteiger partial charge is 0.306 e. The molecule has 20 heavy (non-hydrogen) atoms. The van der Waals surface area contributed by atoms with Crippen molar-refractivity contribution in [2.45, 2.75) is 19.8 Å². The highest BCUT2D eigenvalue weighted by Crippen LogP contribution is 2.20. The molecular formula is C14H14FNO4. The molecule has 0 radical (unpaired) electrons. The number of carbonyl (C=O) groups excluding carboxylic acids is 2. The van der Waals surface area contributed by atoms with Crippen molar-refractivity contribution in [3.05, 3.63) is 29.6 Å². The summed E-state index contributed by atoms with van der Waals surface area (Å²) in [5, 5.41) is 8.78. The lowest BCUT2D eigenvalue weighted by atomic mass is 10.2. The Hall–Kier alpha value is -2.42. The van der Waals surface area contributed by atoms with Gasteiger partial charge in [0.05, 0.1) is 13.0 Å². The second kappa shape index (κ2) is 7.89. The molecule has 1 rings (SSSR count). The first-order valence-corrected chi connectivity index (χ1v) is 6.07. The molecule has 0 unspecified atom stereocenters. The first-order valence-electron chi connectivity index (χ1n) is 6.07. The highest BCUT2D eigenvalue weighted by molar-refractivity contribution is 5.84. The molecule has 1 aromatic carbocycles. The van der Waals surface area contributed by atoms with E-state index in [1.807, 2.05) is 0 Å². The standard InChI is InChI=1S/C14H14FNO4/c1-2-19-14(18)7-6-10(17)9-20-13-5-3-4-12(15)11(13)8-16/h3-5H,2,6-7,9H2,1H3. The zero-order valence-electron chi connectivity index (χ0n) is 11.0. The molecule has 0 N–H and O–H groups in total. The Labute approximate surface area is 115 Å². The SMILES string of the molecule is CCOC(=O)CCC(=O)COc1cccc(F)c1C#N. The largest absolute Gasteiger partial charge is 0.484 e. The molecule has 0 spiro atoms. The van der Waals surface area contributed by atoms with Crippen LogP contribution in [0, 0.1) is 17.1 Å². The van der Waals surface area contributed by atoms with Crippen molar-refractivity contribution in [2.24, 2.45) is 0 Å². The van der Waals surface area contributed by atoms with Gasteiger partial charge in [0.2, 0.25) is 0 Å². The van der Waals surface area contributed by atoms with E-state index in [1.54, 1.807) is 13.0 Å². The molecule has 0 aliphatic rings. The molecule has 0 amide bonds. The fourth-order valence-electron chi connectivity index (χ4n) is 1.44. The summed E-state index contributed by atoms with van der Waals surface area (Å²) in [5.74, 6) is -1.48. The van der Waals surface area contributed by atoms with Gasteiger partial charge in [-0.3, -0.25) is 9.59 Å². The third-order valence-corrected chi connectivity index (χ3v) is 2.39. The summed E-state index contributed by atoms with van der Waals surface area (Å²) in [6.45, 7) is 1.62. The van der Waals surface area contributed by atoms with Crippen LogP contribution in [-0.2, 0) is 14.3 Å². The van der Waals surface area contributed by atoms with Crippen LogP contribution in [0.4, 0.5) is 4.39 Å². The number of nitriles is 1. The summed E-state index contributed by atoms with van der Waals surface area (Å²) in [6.07, 6.45) is -0.0413. The first-order chi connectivity index (χ1) is 9.58. The minimum Gasteiger partial charge on any atom is -0.484 e. The fourth-order valence-corrected chi connectivity index (χ4v) is 1.44. The molecule has 0 bridgehead atoms. The van der Waals surface area contributed by atoms with E-state index in [-0.39, 0.29) is 43.2 Å². The van der Waals surface area contributed by atoms with Crippen molar-refractivity contribution in [1.82, 2.24) is 0 Å². The van der Waals surface area contributed by atoms with E-state index in [9.17, 15) is 14.0 Å². The van der Waals surface area contributed by atoms with Crippen LogP contribution in [0.2, 0.25) is 0 Å². The van der Waals surface area contributed by atoms with Crippen LogP contribution in [-0.4, -0.2) is 25.0 Å². The Bertz CT molecular complexity index is 536. The average molecular weight is 279 g/mol. The lowest BCUT2D eigenvalue weighted by molar-refractivity contribution is -0.144. The lowest BCUT2D eigenvalue weighted by Gasteiger charge is -2.07. The summed E-state index contributed by atoms with van der Waals surface area (Å²) >= 11 is 0. The number of esters is 1. The number of rotatable bonds is 7. The van der Waals surface area contributed by atoms with Crippen LogP contribution in [0.1, 0.15) is 25.3 Å². The summed E-state index contributed by atoms with van der Waals surface area (Å²) in [5.41, 5.74) is -0.245. The average Bonchev–Trinajstić information content (AvgIpc) is 2.43. The third kappa shape index (κ3) is 4.69. The van der Waals surface area contributed by atoms with E-state index in [2.05, 4.69) is 4.74 Å². The maximum absolute atomic E-state index is 13.3. The van der Waals surface area contributed by atoms with Crippen molar-refractivity contribution in [3.8, 4) is 11.8 Å². The predicted octanol–water partition coefficient (Wildman–Crippen LogP) is 1.99. The van der Waals surface area contributed by atoms with E-state index < -0.39 is 11.8 Å². The topological polar surface area (TPSA) is 76.4 Å². The monoisotopic (exact) mass is 279 g/mol. The van der Waals surface area contributed by atoms with Crippen LogP contribution >= 0.6 is 0 Å². The number of carbonyl (C=O) groups is 2. The molecule has 0 atom stereocenters. The van der Waals surface area contributed by atoms with E-state index in [4.69, 9.17) is 10.00 Å². The van der Waals surface area contributed by atoms with Gasteiger partial charge in [-0.15, -0.1) is 0 Å². The van der Waals surface area contributed by atoms with Gasteiger partial charge in [0.1, 0.15) is 29.8 Å². The van der Waals surface area contributed by atoms with Crippen molar-refractivity contribution >= 4 is 11.8 Å². The Morgan fingerprint density at radius 2 is 2.10 bits per heavy atom. The highest BCUT2D eigenvalue weighted by atomic mass is 19.1. The number of benzene rings is 1. The Morgan fingerprint density at radius 3 is 2.75 bits per heavy atom. The molecule has 6 heteroatoms. The van der Waals surface area contributed by atoms with Gasteiger partial charge in [-0.25, -0.2) is 4.39 Å². The Balaban J connectivity index is 2.48. The number of halogens is 1. The van der Waals surface area contributed by atoms with E-state index in [1.165, 1.54) is 12.1 Å². The van der Waals surface area contributed by atoms with Crippen molar-refractivity contribution in [1.29, 1.82) is 5.26 Å². The van der Waals surface area contributed by atoms with Gasteiger partial charge in [0, 0.05) is 6.42 Å². The normalized spacial score (nSPS) is 9.65. The highest BCUT2D eigenvalue weighted by Gasteiger charge is 2.12. The van der Waals surface area contributed by atoms with Crippen molar-refractivity contribution in [2.75, 3.05) is 13.2 Å². The molecular weight excluding hydrogens is 265 g/mol. The minimum atomic E-state index is -0.705. The maximum atomic E-state index is 13.3. The van der Waals surface area contributed by atoms with Crippen LogP contribution in [0.25, 0.3) is 0 Å².